The number of ether oxygens (including phenoxy) is 1. The van der Waals surface area contributed by atoms with E-state index in [9.17, 15) is 0 Å². The largest absolute Gasteiger partial charge is 0.385 e. The summed E-state index contributed by atoms with van der Waals surface area (Å²) in [4.78, 5) is 4.36. The van der Waals surface area contributed by atoms with Crippen LogP contribution in [0.15, 0.2) is 35.3 Å². The van der Waals surface area contributed by atoms with Crippen LogP contribution in [-0.4, -0.2) is 46.4 Å². The van der Waals surface area contributed by atoms with Crippen molar-refractivity contribution < 1.29 is 4.74 Å². The fourth-order valence-corrected chi connectivity index (χ4v) is 3.53. The highest BCUT2D eigenvalue weighted by atomic mass is 127. The van der Waals surface area contributed by atoms with E-state index in [1.165, 1.54) is 31.4 Å². The maximum absolute atomic E-state index is 5.31. The van der Waals surface area contributed by atoms with Crippen LogP contribution in [0.2, 0.25) is 0 Å². The Morgan fingerprint density at radius 1 is 1.12 bits per heavy atom. The third-order valence-corrected chi connectivity index (χ3v) is 5.10. The van der Waals surface area contributed by atoms with Crippen LogP contribution in [0.1, 0.15) is 38.5 Å². The molecule has 1 aromatic carbocycles. The summed E-state index contributed by atoms with van der Waals surface area (Å²) >= 11 is 0. The Kier molecular flexibility index (Phi) is 11.7. The molecule has 0 heterocycles. The van der Waals surface area contributed by atoms with Crippen LogP contribution in [0.25, 0.3) is 0 Å². The Bertz CT molecular complexity index is 504. The number of methoxy groups -OCH3 is 1. The van der Waals surface area contributed by atoms with Crippen LogP contribution in [0.4, 0.5) is 5.69 Å². The molecule has 0 amide bonds. The van der Waals surface area contributed by atoms with Crippen LogP contribution in [0.5, 0.6) is 0 Å². The summed E-state index contributed by atoms with van der Waals surface area (Å²) in [5.74, 6) is 0.906. The number of guanidine groups is 1. The average molecular weight is 474 g/mol. The first-order chi connectivity index (χ1) is 12.3. The zero-order valence-corrected chi connectivity index (χ0v) is 18.6. The van der Waals surface area contributed by atoms with Gasteiger partial charge in [0.1, 0.15) is 0 Å². The van der Waals surface area contributed by atoms with Gasteiger partial charge in [0.2, 0.25) is 0 Å². The van der Waals surface area contributed by atoms with Gasteiger partial charge in [-0.2, -0.15) is 0 Å². The maximum atomic E-state index is 5.31. The topological polar surface area (TPSA) is 57.7 Å². The molecule has 1 saturated carbocycles. The molecule has 0 spiro atoms. The minimum absolute atomic E-state index is 0. The maximum Gasteiger partial charge on any atom is 0.190 e. The molecule has 0 atom stereocenters. The molecule has 1 aliphatic carbocycles. The van der Waals surface area contributed by atoms with Gasteiger partial charge in [-0.05, 0) is 43.2 Å². The van der Waals surface area contributed by atoms with Gasteiger partial charge in [-0.1, -0.05) is 31.0 Å². The van der Waals surface area contributed by atoms with Crippen molar-refractivity contribution in [1.82, 2.24) is 10.6 Å². The molecule has 2 rings (SSSR count). The van der Waals surface area contributed by atoms with Gasteiger partial charge in [-0.15, -0.1) is 24.0 Å². The molecule has 0 aliphatic heterocycles. The molecule has 1 aromatic rings. The van der Waals surface area contributed by atoms with Gasteiger partial charge in [0.25, 0.3) is 0 Å². The van der Waals surface area contributed by atoms with Crippen molar-refractivity contribution in [2.75, 3.05) is 45.7 Å². The van der Waals surface area contributed by atoms with Crippen LogP contribution < -0.4 is 16.0 Å². The Hall–Kier alpha value is -1.02. The fraction of sp³-hybridized carbons (Fsp3) is 0.650. The molecule has 0 unspecified atom stereocenters. The van der Waals surface area contributed by atoms with Crippen molar-refractivity contribution >= 4 is 35.6 Å². The number of aliphatic imine (C=N–C) groups is 1. The van der Waals surface area contributed by atoms with E-state index >= 15 is 0 Å². The Balaban J connectivity index is 0.00000338. The zero-order valence-electron chi connectivity index (χ0n) is 16.2. The molecule has 0 radical (unpaired) electrons. The van der Waals surface area contributed by atoms with Crippen LogP contribution >= 0.6 is 24.0 Å². The molecule has 1 aliphatic rings. The van der Waals surface area contributed by atoms with Crippen molar-refractivity contribution in [3.05, 3.63) is 30.3 Å². The molecule has 5 nitrogen and oxygen atoms in total. The fourth-order valence-electron chi connectivity index (χ4n) is 3.53. The summed E-state index contributed by atoms with van der Waals surface area (Å²) in [6.45, 7) is 3.69. The first-order valence-corrected chi connectivity index (χ1v) is 9.50. The van der Waals surface area contributed by atoms with Gasteiger partial charge in [0.05, 0.1) is 0 Å². The molecule has 0 saturated heterocycles. The summed E-state index contributed by atoms with van der Waals surface area (Å²) in [6, 6.07) is 10.3. The summed E-state index contributed by atoms with van der Waals surface area (Å²) in [5, 5.41) is 10.4. The highest BCUT2D eigenvalue weighted by Crippen LogP contribution is 2.40. The van der Waals surface area contributed by atoms with Gasteiger partial charge < -0.3 is 20.7 Å². The minimum atomic E-state index is 0. The number of hydrogen-bond acceptors (Lipinski definition) is 3. The van der Waals surface area contributed by atoms with Crippen molar-refractivity contribution in [2.45, 2.75) is 38.5 Å². The number of benzene rings is 1. The number of halogens is 1. The first-order valence-electron chi connectivity index (χ1n) is 9.50. The minimum Gasteiger partial charge on any atom is -0.385 e. The van der Waals surface area contributed by atoms with E-state index in [1.807, 2.05) is 13.1 Å². The zero-order chi connectivity index (χ0) is 17.8. The smallest absolute Gasteiger partial charge is 0.190 e. The Labute approximate surface area is 175 Å². The predicted molar refractivity (Wildman–Crippen MR) is 122 cm³/mol. The summed E-state index contributed by atoms with van der Waals surface area (Å²) in [7, 11) is 3.63. The monoisotopic (exact) mass is 474 g/mol. The molecule has 26 heavy (non-hydrogen) atoms. The molecule has 3 N–H and O–H groups in total. The van der Waals surface area contributed by atoms with Crippen molar-refractivity contribution in [1.29, 1.82) is 0 Å². The van der Waals surface area contributed by atoms with Crippen LogP contribution in [-0.2, 0) is 4.74 Å². The SMILES string of the molecule is CN=C(NCCCNc1ccccc1)NCC1(CCOC)CCCC1.I. The molecule has 6 heteroatoms. The lowest BCUT2D eigenvalue weighted by molar-refractivity contribution is 0.138. The number of para-hydroxylation sites is 1. The van der Waals surface area contributed by atoms with E-state index in [1.54, 1.807) is 7.11 Å². The lowest BCUT2D eigenvalue weighted by Crippen LogP contribution is -2.43. The average Bonchev–Trinajstić information content (AvgIpc) is 3.12. The Morgan fingerprint density at radius 2 is 1.85 bits per heavy atom. The van der Waals surface area contributed by atoms with Crippen molar-refractivity contribution in [3.63, 3.8) is 0 Å². The number of nitrogens with zero attached hydrogens (tertiary/aromatic N) is 1. The van der Waals surface area contributed by atoms with E-state index in [-0.39, 0.29) is 24.0 Å². The number of rotatable bonds is 10. The predicted octanol–water partition coefficient (Wildman–Crippen LogP) is 3.87. The van der Waals surface area contributed by atoms with Gasteiger partial charge in [0.15, 0.2) is 5.96 Å². The van der Waals surface area contributed by atoms with Gasteiger partial charge in [0, 0.05) is 46.1 Å². The molecule has 0 aromatic heterocycles. The number of anilines is 1. The van der Waals surface area contributed by atoms with E-state index in [0.717, 1.165) is 45.0 Å². The first kappa shape index (κ1) is 23.0. The second-order valence-electron chi connectivity index (χ2n) is 6.95. The normalized spacial score (nSPS) is 16.0. The third kappa shape index (κ3) is 8.12. The second-order valence-corrected chi connectivity index (χ2v) is 6.95. The molecule has 148 valence electrons. The lowest BCUT2D eigenvalue weighted by Gasteiger charge is -2.30. The third-order valence-electron chi connectivity index (χ3n) is 5.10. The molecule has 1 fully saturated rings. The summed E-state index contributed by atoms with van der Waals surface area (Å²) in [6.07, 6.45) is 7.44. The Morgan fingerprint density at radius 3 is 2.50 bits per heavy atom. The quantitative estimate of drug-likeness (QED) is 0.209. The summed E-state index contributed by atoms with van der Waals surface area (Å²) < 4.78 is 5.31. The van der Waals surface area contributed by atoms with Crippen molar-refractivity contribution in [2.24, 2.45) is 10.4 Å². The van der Waals surface area contributed by atoms with E-state index in [4.69, 9.17) is 4.74 Å². The van der Waals surface area contributed by atoms with E-state index in [2.05, 4.69) is 45.2 Å². The number of nitrogens with one attached hydrogen (secondary N) is 3. The molecular formula is C20H35IN4O. The van der Waals surface area contributed by atoms with Gasteiger partial charge in [-0.25, -0.2) is 0 Å². The van der Waals surface area contributed by atoms with Gasteiger partial charge >= 0.3 is 0 Å². The summed E-state index contributed by atoms with van der Waals surface area (Å²) in [5.41, 5.74) is 1.55. The molecular weight excluding hydrogens is 439 g/mol. The highest BCUT2D eigenvalue weighted by Gasteiger charge is 2.33. The number of hydrogen-bond donors (Lipinski definition) is 3. The van der Waals surface area contributed by atoms with E-state index < -0.39 is 0 Å². The lowest BCUT2D eigenvalue weighted by atomic mass is 9.83. The standard InChI is InChI=1S/C20H34N4O.HI/c1-21-19(23-15-8-14-22-18-9-4-3-5-10-18)24-17-20(13-16-25-2)11-6-7-12-20;/h3-5,9-10,22H,6-8,11-17H2,1-2H3,(H2,21,23,24);1H. The van der Waals surface area contributed by atoms with Crippen LogP contribution in [0, 0.1) is 5.41 Å². The highest BCUT2D eigenvalue weighted by molar-refractivity contribution is 14.0. The van der Waals surface area contributed by atoms with Crippen LogP contribution in [0.3, 0.4) is 0 Å². The van der Waals surface area contributed by atoms with Crippen molar-refractivity contribution in [3.8, 4) is 0 Å². The molecule has 0 bridgehead atoms. The van der Waals surface area contributed by atoms with Gasteiger partial charge in [-0.3, -0.25) is 4.99 Å². The second kappa shape index (κ2) is 13.2. The van der Waals surface area contributed by atoms with E-state index in [0.29, 0.717) is 5.41 Å².